The fourth-order valence-corrected chi connectivity index (χ4v) is 3.28. The molecule has 1 amide bonds. The van der Waals surface area contributed by atoms with Crippen LogP contribution >= 0.6 is 34.8 Å². The molecule has 30 heavy (non-hydrogen) atoms. The molecule has 0 aliphatic carbocycles. The lowest BCUT2D eigenvalue weighted by atomic mass is 10.2. The molecule has 1 heterocycles. The van der Waals surface area contributed by atoms with E-state index in [2.05, 4.69) is 15.5 Å². The number of carbonyl (C=O) groups is 1. The van der Waals surface area contributed by atoms with E-state index in [1.165, 1.54) is 25.7 Å². The zero-order chi connectivity index (χ0) is 21.5. The van der Waals surface area contributed by atoms with E-state index in [0.29, 0.717) is 43.3 Å². The largest absolute Gasteiger partial charge is 0.493 e. The minimum absolute atomic E-state index is 0.115. The van der Waals surface area contributed by atoms with Gasteiger partial charge in [0.15, 0.2) is 11.5 Å². The van der Waals surface area contributed by atoms with E-state index in [1.807, 2.05) is 0 Å². The summed E-state index contributed by atoms with van der Waals surface area (Å²) in [5.41, 5.74) is 4.13. The van der Waals surface area contributed by atoms with Crippen molar-refractivity contribution in [2.24, 2.45) is 5.10 Å². The number of rotatable bonds is 7. The number of nitrogens with one attached hydrogen (secondary N) is 1. The minimum Gasteiger partial charge on any atom is -0.493 e. The minimum atomic E-state index is -0.358. The summed E-state index contributed by atoms with van der Waals surface area (Å²) in [5.74, 6) is 0.379. The number of amides is 1. The lowest BCUT2D eigenvalue weighted by Crippen LogP contribution is -2.17. The van der Waals surface area contributed by atoms with E-state index in [0.717, 1.165) is 0 Å². The monoisotopic (exact) mass is 463 g/mol. The van der Waals surface area contributed by atoms with Gasteiger partial charge in [0.05, 0.1) is 18.3 Å². The molecule has 2 aromatic carbocycles. The predicted octanol–water partition coefficient (Wildman–Crippen LogP) is 5.39. The van der Waals surface area contributed by atoms with Crippen LogP contribution in [-0.4, -0.2) is 24.2 Å². The number of nitrogens with zero attached hydrogens (tertiary/aromatic N) is 2. The van der Waals surface area contributed by atoms with Crippen LogP contribution in [0.4, 0.5) is 0 Å². The number of hydrazone groups is 1. The summed E-state index contributed by atoms with van der Waals surface area (Å²) < 4.78 is 11.2. The molecule has 0 spiro atoms. The summed E-state index contributed by atoms with van der Waals surface area (Å²) in [5, 5.41) is 5.23. The topological polar surface area (TPSA) is 72.8 Å². The highest BCUT2D eigenvalue weighted by Gasteiger charge is 2.14. The Kier molecular flexibility index (Phi) is 7.52. The number of benzene rings is 2. The Morgan fingerprint density at radius 1 is 1.10 bits per heavy atom. The maximum absolute atomic E-state index is 12.0. The first-order valence-corrected chi connectivity index (χ1v) is 9.79. The highest BCUT2D eigenvalue weighted by molar-refractivity contribution is 6.36. The third-order valence-corrected chi connectivity index (χ3v) is 4.99. The van der Waals surface area contributed by atoms with E-state index < -0.39 is 0 Å². The van der Waals surface area contributed by atoms with Gasteiger partial charge in [-0.05, 0) is 42.0 Å². The number of carbonyl (C=O) groups excluding carboxylic acids is 1. The lowest BCUT2D eigenvalue weighted by Gasteiger charge is -2.14. The molecule has 1 N–H and O–H groups in total. The Morgan fingerprint density at radius 2 is 1.80 bits per heavy atom. The molecule has 0 saturated heterocycles. The number of ether oxygens (including phenoxy) is 2. The lowest BCUT2D eigenvalue weighted by molar-refractivity contribution is 0.0955. The van der Waals surface area contributed by atoms with Gasteiger partial charge in [0.1, 0.15) is 6.61 Å². The van der Waals surface area contributed by atoms with Crippen molar-refractivity contribution in [2.45, 2.75) is 6.61 Å². The molecular formula is C21H16Cl3N3O3. The summed E-state index contributed by atoms with van der Waals surface area (Å²) in [6, 6.07) is 11.7. The molecule has 0 unspecified atom stereocenters. The van der Waals surface area contributed by atoms with E-state index >= 15 is 0 Å². The first kappa shape index (κ1) is 21.9. The number of hydrogen-bond donors (Lipinski definition) is 1. The van der Waals surface area contributed by atoms with Gasteiger partial charge in [0, 0.05) is 33.6 Å². The molecule has 9 heteroatoms. The van der Waals surface area contributed by atoms with Gasteiger partial charge in [-0.1, -0.05) is 40.9 Å². The zero-order valence-electron chi connectivity index (χ0n) is 15.7. The summed E-state index contributed by atoms with van der Waals surface area (Å²) >= 11 is 18.7. The molecular weight excluding hydrogens is 449 g/mol. The second-order valence-corrected chi connectivity index (χ2v) is 7.18. The molecule has 0 saturated carbocycles. The molecule has 0 bridgehead atoms. The molecule has 6 nitrogen and oxygen atoms in total. The van der Waals surface area contributed by atoms with Crippen LogP contribution in [0, 0.1) is 0 Å². The third kappa shape index (κ3) is 5.42. The van der Waals surface area contributed by atoms with Crippen LogP contribution in [0.5, 0.6) is 11.5 Å². The van der Waals surface area contributed by atoms with Crippen LogP contribution in [0.1, 0.15) is 21.5 Å². The number of methoxy groups -OCH3 is 1. The fourth-order valence-electron chi connectivity index (χ4n) is 2.50. The molecule has 1 aromatic heterocycles. The highest BCUT2D eigenvalue weighted by atomic mass is 35.5. The standard InChI is InChI=1S/C21H16Cl3N3O3/c1-29-19-10-13(11-26-27-21(28)14-5-7-25-8-6-14)9-18(24)20(19)30-12-15-16(22)3-2-4-17(15)23/h2-11H,12H2,1H3,(H,27,28)/b26-11+. The van der Waals surface area contributed by atoms with Crippen molar-refractivity contribution < 1.29 is 14.3 Å². The quantitative estimate of drug-likeness (QED) is 0.376. The second kappa shape index (κ2) is 10.3. The van der Waals surface area contributed by atoms with Crippen molar-refractivity contribution in [2.75, 3.05) is 7.11 Å². The van der Waals surface area contributed by atoms with Gasteiger partial charge in [-0.15, -0.1) is 0 Å². The van der Waals surface area contributed by atoms with Crippen LogP contribution < -0.4 is 14.9 Å². The van der Waals surface area contributed by atoms with E-state index in [-0.39, 0.29) is 12.5 Å². The van der Waals surface area contributed by atoms with E-state index in [1.54, 1.807) is 42.5 Å². The summed E-state index contributed by atoms with van der Waals surface area (Å²) in [4.78, 5) is 15.9. The van der Waals surface area contributed by atoms with Gasteiger partial charge in [-0.25, -0.2) is 5.43 Å². The Labute approximate surface area is 188 Å². The Hall–Kier alpha value is -2.80. The number of halogens is 3. The van der Waals surface area contributed by atoms with Crippen LogP contribution in [-0.2, 0) is 6.61 Å². The van der Waals surface area contributed by atoms with Crippen LogP contribution in [0.15, 0.2) is 60.0 Å². The van der Waals surface area contributed by atoms with Crippen molar-refractivity contribution in [1.82, 2.24) is 10.4 Å². The molecule has 0 fully saturated rings. The van der Waals surface area contributed by atoms with Gasteiger partial charge < -0.3 is 9.47 Å². The maximum Gasteiger partial charge on any atom is 0.271 e. The van der Waals surface area contributed by atoms with Crippen molar-refractivity contribution in [3.63, 3.8) is 0 Å². The molecule has 0 atom stereocenters. The van der Waals surface area contributed by atoms with Gasteiger partial charge >= 0.3 is 0 Å². The molecule has 3 rings (SSSR count). The number of hydrogen-bond acceptors (Lipinski definition) is 5. The van der Waals surface area contributed by atoms with Gasteiger partial charge in [0.2, 0.25) is 0 Å². The fraction of sp³-hybridized carbons (Fsp3) is 0.0952. The first-order valence-electron chi connectivity index (χ1n) is 8.66. The van der Waals surface area contributed by atoms with Gasteiger partial charge in [0.25, 0.3) is 5.91 Å². The number of pyridine rings is 1. The summed E-state index contributed by atoms with van der Waals surface area (Å²) in [7, 11) is 1.49. The summed E-state index contributed by atoms with van der Waals surface area (Å²) in [6.45, 7) is 0.115. The predicted molar refractivity (Wildman–Crippen MR) is 118 cm³/mol. The van der Waals surface area contributed by atoms with Crippen molar-refractivity contribution in [3.05, 3.63) is 86.6 Å². The molecule has 154 valence electrons. The normalized spacial score (nSPS) is 10.8. The van der Waals surface area contributed by atoms with Crippen molar-refractivity contribution >= 4 is 46.9 Å². The highest BCUT2D eigenvalue weighted by Crippen LogP contribution is 2.37. The number of aromatic nitrogens is 1. The Morgan fingerprint density at radius 3 is 2.47 bits per heavy atom. The summed E-state index contributed by atoms with van der Waals surface area (Å²) in [6.07, 6.45) is 4.50. The van der Waals surface area contributed by atoms with Crippen LogP contribution in [0.25, 0.3) is 0 Å². The average Bonchev–Trinajstić information content (AvgIpc) is 2.74. The van der Waals surface area contributed by atoms with Crippen molar-refractivity contribution in [1.29, 1.82) is 0 Å². The van der Waals surface area contributed by atoms with Crippen LogP contribution in [0.2, 0.25) is 15.1 Å². The molecule has 0 radical (unpaired) electrons. The Balaban J connectivity index is 1.73. The SMILES string of the molecule is COc1cc(/C=N/NC(=O)c2ccncc2)cc(Cl)c1OCc1c(Cl)cccc1Cl. The van der Waals surface area contributed by atoms with Crippen LogP contribution in [0.3, 0.4) is 0 Å². The van der Waals surface area contributed by atoms with Gasteiger partial charge in [-0.3, -0.25) is 9.78 Å². The molecule has 0 aliphatic rings. The molecule has 0 aliphatic heterocycles. The second-order valence-electron chi connectivity index (χ2n) is 5.96. The third-order valence-electron chi connectivity index (χ3n) is 4.00. The smallest absolute Gasteiger partial charge is 0.271 e. The maximum atomic E-state index is 12.0. The van der Waals surface area contributed by atoms with E-state index in [9.17, 15) is 4.79 Å². The van der Waals surface area contributed by atoms with E-state index in [4.69, 9.17) is 44.3 Å². The first-order chi connectivity index (χ1) is 14.5. The molecule has 3 aromatic rings. The Bertz CT molecular complexity index is 1060. The van der Waals surface area contributed by atoms with Crippen molar-refractivity contribution in [3.8, 4) is 11.5 Å². The van der Waals surface area contributed by atoms with Gasteiger partial charge in [-0.2, -0.15) is 5.10 Å². The zero-order valence-corrected chi connectivity index (χ0v) is 18.0. The average molecular weight is 465 g/mol.